The Balaban J connectivity index is 1.46. The van der Waals surface area contributed by atoms with Gasteiger partial charge >= 0.3 is 0 Å². The van der Waals surface area contributed by atoms with Crippen LogP contribution in [0.25, 0.3) is 16.6 Å². The van der Waals surface area contributed by atoms with Crippen LogP contribution in [0.3, 0.4) is 0 Å². The molecule has 0 N–H and O–H groups in total. The highest BCUT2D eigenvalue weighted by molar-refractivity contribution is 5.76. The van der Waals surface area contributed by atoms with Gasteiger partial charge in [-0.3, -0.25) is 14.3 Å². The summed E-state index contributed by atoms with van der Waals surface area (Å²) >= 11 is 0. The van der Waals surface area contributed by atoms with Crippen molar-refractivity contribution in [3.05, 3.63) is 58.9 Å². The third-order valence-corrected chi connectivity index (χ3v) is 5.02. The number of nitrogens with zero attached hydrogens (tertiary/aromatic N) is 4. The molecule has 3 heterocycles. The lowest BCUT2D eigenvalue weighted by Gasteiger charge is -2.15. The Morgan fingerprint density at radius 2 is 1.89 bits per heavy atom. The summed E-state index contributed by atoms with van der Waals surface area (Å²) in [5.41, 5.74) is 1.32. The quantitative estimate of drug-likeness (QED) is 0.630. The van der Waals surface area contributed by atoms with Gasteiger partial charge in [-0.1, -0.05) is 0 Å². The summed E-state index contributed by atoms with van der Waals surface area (Å²) < 4.78 is 7.47. The Morgan fingerprint density at radius 1 is 1.11 bits per heavy atom. The first-order chi connectivity index (χ1) is 13.2. The minimum atomic E-state index is -0.0841. The van der Waals surface area contributed by atoms with Gasteiger partial charge in [0.25, 0.3) is 5.56 Å². The summed E-state index contributed by atoms with van der Waals surface area (Å²) in [5, 5.41) is 0.567. The van der Waals surface area contributed by atoms with Crippen molar-refractivity contribution in [3.63, 3.8) is 0 Å². The average Bonchev–Trinajstić information content (AvgIpc) is 3.20. The molecule has 1 aliphatic rings. The monoisotopic (exact) mass is 364 g/mol. The number of benzene rings is 1. The maximum Gasteiger partial charge on any atom is 0.266 e. The molecule has 27 heavy (non-hydrogen) atoms. The van der Waals surface area contributed by atoms with Crippen molar-refractivity contribution in [2.75, 3.05) is 26.2 Å². The summed E-state index contributed by atoms with van der Waals surface area (Å²) in [6, 6.07) is 9.33. The second kappa shape index (κ2) is 7.88. The third-order valence-electron chi connectivity index (χ3n) is 5.02. The van der Waals surface area contributed by atoms with E-state index < -0.39 is 0 Å². The van der Waals surface area contributed by atoms with Crippen molar-refractivity contribution in [1.29, 1.82) is 0 Å². The standard InChI is InChI=1S/C21H24N4O2/c1-16-23-20-15-22-10-9-19(20)21(26)25(16)17-5-7-18(8-6-17)27-14-4-13-24-11-2-3-12-24/h5-10,15H,2-4,11-14H2,1H3. The van der Waals surface area contributed by atoms with E-state index >= 15 is 0 Å². The van der Waals surface area contributed by atoms with Crippen LogP contribution < -0.4 is 10.3 Å². The molecule has 6 heteroatoms. The van der Waals surface area contributed by atoms with Crippen molar-refractivity contribution in [1.82, 2.24) is 19.4 Å². The number of rotatable bonds is 6. The van der Waals surface area contributed by atoms with Crippen molar-refractivity contribution in [2.45, 2.75) is 26.2 Å². The molecule has 1 fully saturated rings. The summed E-state index contributed by atoms with van der Waals surface area (Å²) in [5.74, 6) is 1.46. The van der Waals surface area contributed by atoms with Crippen LogP contribution >= 0.6 is 0 Å². The molecule has 3 aromatic rings. The molecule has 0 spiro atoms. The Labute approximate surface area is 158 Å². The molecule has 1 aromatic carbocycles. The van der Waals surface area contributed by atoms with Gasteiger partial charge in [-0.25, -0.2) is 4.98 Å². The van der Waals surface area contributed by atoms with E-state index in [1.54, 1.807) is 23.0 Å². The van der Waals surface area contributed by atoms with Gasteiger partial charge in [-0.15, -0.1) is 0 Å². The van der Waals surface area contributed by atoms with Gasteiger partial charge < -0.3 is 9.64 Å². The van der Waals surface area contributed by atoms with Gasteiger partial charge in [0.15, 0.2) is 0 Å². The van der Waals surface area contributed by atoms with E-state index in [0.717, 1.165) is 24.4 Å². The van der Waals surface area contributed by atoms with E-state index in [1.165, 1.54) is 25.9 Å². The Hall–Kier alpha value is -2.73. The van der Waals surface area contributed by atoms with Crippen LogP contribution in [-0.4, -0.2) is 45.7 Å². The number of aryl methyl sites for hydroxylation is 1. The molecular formula is C21H24N4O2. The van der Waals surface area contributed by atoms with E-state index in [4.69, 9.17) is 4.74 Å². The Bertz CT molecular complexity index is 976. The van der Waals surface area contributed by atoms with E-state index in [-0.39, 0.29) is 5.56 Å². The van der Waals surface area contributed by atoms with Crippen molar-refractivity contribution in [2.24, 2.45) is 0 Å². The first kappa shape index (κ1) is 17.7. The Kier molecular flexibility index (Phi) is 5.16. The van der Waals surface area contributed by atoms with Crippen molar-refractivity contribution >= 4 is 10.9 Å². The number of likely N-dealkylation sites (tertiary alicyclic amines) is 1. The fourth-order valence-electron chi connectivity index (χ4n) is 3.63. The number of fused-ring (bicyclic) bond motifs is 1. The smallest absolute Gasteiger partial charge is 0.266 e. The van der Waals surface area contributed by atoms with Crippen LogP contribution in [-0.2, 0) is 0 Å². The van der Waals surface area contributed by atoms with Crippen LogP contribution in [0.4, 0.5) is 0 Å². The van der Waals surface area contributed by atoms with Crippen LogP contribution in [0.15, 0.2) is 47.5 Å². The maximum absolute atomic E-state index is 12.8. The van der Waals surface area contributed by atoms with E-state index in [0.29, 0.717) is 23.3 Å². The predicted molar refractivity (Wildman–Crippen MR) is 106 cm³/mol. The molecule has 0 radical (unpaired) electrons. The molecule has 0 aliphatic carbocycles. The molecule has 0 saturated carbocycles. The molecule has 2 aromatic heterocycles. The summed E-state index contributed by atoms with van der Waals surface area (Å²) in [6.45, 7) is 6.08. The summed E-state index contributed by atoms with van der Waals surface area (Å²) in [6.07, 6.45) is 6.91. The maximum atomic E-state index is 12.8. The van der Waals surface area contributed by atoms with Gasteiger partial charge in [0.2, 0.25) is 0 Å². The summed E-state index contributed by atoms with van der Waals surface area (Å²) in [7, 11) is 0. The summed E-state index contributed by atoms with van der Waals surface area (Å²) in [4.78, 5) is 23.9. The lowest BCUT2D eigenvalue weighted by molar-refractivity contribution is 0.263. The van der Waals surface area contributed by atoms with E-state index in [1.807, 2.05) is 31.2 Å². The molecule has 0 atom stereocenters. The van der Waals surface area contributed by atoms with E-state index in [9.17, 15) is 4.79 Å². The fourth-order valence-corrected chi connectivity index (χ4v) is 3.63. The number of aromatic nitrogens is 3. The highest BCUT2D eigenvalue weighted by Gasteiger charge is 2.11. The minimum Gasteiger partial charge on any atom is -0.494 e. The molecular weight excluding hydrogens is 340 g/mol. The van der Waals surface area contributed by atoms with E-state index in [2.05, 4.69) is 14.9 Å². The van der Waals surface area contributed by atoms with Crippen molar-refractivity contribution in [3.8, 4) is 11.4 Å². The first-order valence-electron chi connectivity index (χ1n) is 9.51. The largest absolute Gasteiger partial charge is 0.494 e. The zero-order chi connectivity index (χ0) is 18.6. The number of ether oxygens (including phenoxy) is 1. The number of hydrogen-bond donors (Lipinski definition) is 0. The zero-order valence-electron chi connectivity index (χ0n) is 15.6. The molecule has 140 valence electrons. The SMILES string of the molecule is Cc1nc2cnccc2c(=O)n1-c1ccc(OCCCN2CCCC2)cc1. The molecule has 0 bridgehead atoms. The average molecular weight is 364 g/mol. The number of pyridine rings is 1. The topological polar surface area (TPSA) is 60.3 Å². The second-order valence-corrected chi connectivity index (χ2v) is 6.94. The van der Waals surface area contributed by atoms with Crippen LogP contribution in [0.2, 0.25) is 0 Å². The molecule has 4 rings (SSSR count). The molecule has 0 unspecified atom stereocenters. The lowest BCUT2D eigenvalue weighted by atomic mass is 10.2. The Morgan fingerprint density at radius 3 is 2.67 bits per heavy atom. The van der Waals surface area contributed by atoms with Gasteiger partial charge in [0.05, 0.1) is 29.4 Å². The second-order valence-electron chi connectivity index (χ2n) is 6.94. The van der Waals surface area contributed by atoms with Gasteiger partial charge in [-0.05, 0) is 69.6 Å². The third kappa shape index (κ3) is 3.85. The molecule has 1 aliphatic heterocycles. The zero-order valence-corrected chi connectivity index (χ0v) is 15.6. The van der Waals surface area contributed by atoms with Crippen LogP contribution in [0.1, 0.15) is 25.1 Å². The molecule has 6 nitrogen and oxygen atoms in total. The minimum absolute atomic E-state index is 0.0841. The fraction of sp³-hybridized carbons (Fsp3) is 0.381. The lowest BCUT2D eigenvalue weighted by Crippen LogP contribution is -2.22. The van der Waals surface area contributed by atoms with Crippen LogP contribution in [0.5, 0.6) is 5.75 Å². The van der Waals surface area contributed by atoms with Gasteiger partial charge in [-0.2, -0.15) is 0 Å². The van der Waals surface area contributed by atoms with Crippen LogP contribution in [0, 0.1) is 6.92 Å². The number of hydrogen-bond acceptors (Lipinski definition) is 5. The molecule has 1 saturated heterocycles. The first-order valence-corrected chi connectivity index (χ1v) is 9.51. The highest BCUT2D eigenvalue weighted by Crippen LogP contribution is 2.17. The predicted octanol–water partition coefficient (Wildman–Crippen LogP) is 2.95. The normalized spacial score (nSPS) is 14.7. The van der Waals surface area contributed by atoms with Crippen molar-refractivity contribution < 1.29 is 4.74 Å². The molecule has 0 amide bonds. The highest BCUT2D eigenvalue weighted by atomic mass is 16.5. The van der Waals surface area contributed by atoms with Gasteiger partial charge in [0.1, 0.15) is 11.6 Å². The van der Waals surface area contributed by atoms with Gasteiger partial charge in [0, 0.05) is 12.7 Å².